The second kappa shape index (κ2) is 24.2. The molecule has 0 spiro atoms. The number of ether oxygens (including phenoxy) is 2. The van der Waals surface area contributed by atoms with E-state index in [0.717, 1.165) is 92.9 Å². The number of nitrogens with zero attached hydrogens (tertiary/aromatic N) is 10. The zero-order chi connectivity index (χ0) is 49.6. The monoisotopic (exact) mass is 1340 g/mol. The van der Waals surface area contributed by atoms with Gasteiger partial charge in [-0.3, -0.25) is 8.78 Å². The van der Waals surface area contributed by atoms with Crippen LogP contribution in [0.3, 0.4) is 0 Å². The number of halogens is 6. The van der Waals surface area contributed by atoms with Gasteiger partial charge in [0.2, 0.25) is 0 Å². The molecular weight excluding hydrogens is 1300 g/mol. The van der Waals surface area contributed by atoms with Crippen molar-refractivity contribution in [2.75, 3.05) is 46.9 Å². The maximum Gasteiger partial charge on any atom is 0.124 e. The van der Waals surface area contributed by atoms with E-state index in [1.54, 1.807) is 61.8 Å². The molecule has 10 rings (SSSR count). The van der Waals surface area contributed by atoms with Gasteiger partial charge in [0.25, 0.3) is 0 Å². The molecule has 72 heavy (non-hydrogen) atoms. The number of benzene rings is 4. The average Bonchev–Trinajstić information content (AvgIpc) is 4.10. The van der Waals surface area contributed by atoms with E-state index in [-0.39, 0.29) is 53.5 Å². The van der Waals surface area contributed by atoms with Crippen LogP contribution in [0, 0.1) is 88.1 Å². The Kier molecular flexibility index (Phi) is 18.4. The molecule has 4 aromatic carbocycles. The molecule has 2 aliphatic rings. The van der Waals surface area contributed by atoms with E-state index in [9.17, 15) is 26.3 Å². The van der Waals surface area contributed by atoms with Crippen LogP contribution in [0.1, 0.15) is 35.6 Å². The fourth-order valence-corrected chi connectivity index (χ4v) is 7.80. The first-order chi connectivity index (χ1) is 33.7. The second-order valence-electron chi connectivity index (χ2n) is 16.1. The number of aromatic nitrogens is 6. The van der Waals surface area contributed by atoms with Crippen molar-refractivity contribution in [3.05, 3.63) is 180 Å². The summed E-state index contributed by atoms with van der Waals surface area (Å²) >= 11 is 0. The average molecular weight is 1350 g/mol. The van der Waals surface area contributed by atoms with Crippen molar-refractivity contribution in [1.82, 2.24) is 30.4 Å². The maximum atomic E-state index is 13.3. The molecule has 0 aliphatic carbocycles. The van der Waals surface area contributed by atoms with Gasteiger partial charge in [0.1, 0.15) is 23.1 Å². The van der Waals surface area contributed by atoms with Crippen LogP contribution >= 0.6 is 0 Å². The minimum absolute atomic E-state index is 0. The zero-order valence-corrected chi connectivity index (χ0v) is 44.0. The molecule has 382 valence electrons. The summed E-state index contributed by atoms with van der Waals surface area (Å²) < 4.78 is 90.7. The third kappa shape index (κ3) is 12.2. The molecule has 0 atom stereocenters. The molecule has 12 nitrogen and oxygen atoms in total. The molecule has 8 aromatic rings. The summed E-state index contributed by atoms with van der Waals surface area (Å²) in [7, 11) is 3.55. The summed E-state index contributed by atoms with van der Waals surface area (Å²) in [6.45, 7) is 12.4. The van der Waals surface area contributed by atoms with Crippen molar-refractivity contribution in [1.29, 1.82) is 0 Å². The van der Waals surface area contributed by atoms with Crippen LogP contribution in [0.15, 0.2) is 97.3 Å². The second-order valence-corrected chi connectivity index (χ2v) is 16.1. The van der Waals surface area contributed by atoms with Gasteiger partial charge < -0.3 is 49.5 Å². The van der Waals surface area contributed by atoms with E-state index in [1.807, 2.05) is 64.1 Å². The Morgan fingerprint density at radius 3 is 1.32 bits per heavy atom. The van der Waals surface area contributed by atoms with Crippen molar-refractivity contribution >= 4 is 34.4 Å². The summed E-state index contributed by atoms with van der Waals surface area (Å²) in [5.74, 6) is -5.55. The first kappa shape index (κ1) is 54.7. The van der Waals surface area contributed by atoms with Crippen molar-refractivity contribution in [3.8, 4) is 33.8 Å². The van der Waals surface area contributed by atoms with Gasteiger partial charge in [0, 0.05) is 88.9 Å². The van der Waals surface area contributed by atoms with Gasteiger partial charge in [-0.2, -0.15) is 13.3 Å². The van der Waals surface area contributed by atoms with E-state index < -0.39 is 34.9 Å². The van der Waals surface area contributed by atoms with E-state index in [4.69, 9.17) is 9.47 Å². The van der Waals surface area contributed by atoms with E-state index in [1.165, 1.54) is 9.80 Å². The number of unbranched alkanes of at least 4 members (excludes halogenated alkanes) is 1. The Labute approximate surface area is 441 Å². The van der Waals surface area contributed by atoms with Crippen molar-refractivity contribution in [2.24, 2.45) is 0 Å². The van der Waals surface area contributed by atoms with Gasteiger partial charge in [-0.1, -0.05) is 49.5 Å². The number of hydrogen-bond acceptors (Lipinski definition) is 10. The fourth-order valence-electron chi connectivity index (χ4n) is 7.80. The predicted molar refractivity (Wildman–Crippen MR) is 254 cm³/mol. The predicted octanol–water partition coefficient (Wildman–Crippen LogP) is 11.2. The molecule has 2 aliphatic heterocycles. The van der Waals surface area contributed by atoms with Crippen LogP contribution in [-0.4, -0.2) is 47.5 Å². The first-order valence-electron chi connectivity index (χ1n) is 21.9. The fraction of sp³-hybridized carbons (Fsp3) is 0.192. The molecule has 0 amide bonds. The molecular formula is C52H44F6N10O2Pt2-6. The van der Waals surface area contributed by atoms with Gasteiger partial charge in [0.15, 0.2) is 0 Å². The van der Waals surface area contributed by atoms with Crippen molar-refractivity contribution in [2.45, 2.75) is 40.5 Å². The number of fused-ring (bicyclic) bond motifs is 2. The zero-order valence-electron chi connectivity index (χ0n) is 39.4. The quantitative estimate of drug-likeness (QED) is 0.0532. The van der Waals surface area contributed by atoms with Crippen LogP contribution in [0.5, 0.6) is 11.5 Å². The number of hydrogen-bond donors (Lipinski definition) is 0. The number of aryl methyl sites for hydroxylation is 4. The number of anilines is 6. The molecule has 0 radical (unpaired) electrons. The van der Waals surface area contributed by atoms with E-state index >= 15 is 0 Å². The summed E-state index contributed by atoms with van der Waals surface area (Å²) in [6, 6.07) is 29.5. The van der Waals surface area contributed by atoms with Gasteiger partial charge >= 0.3 is 0 Å². The van der Waals surface area contributed by atoms with Gasteiger partial charge in [0.05, 0.1) is 36.5 Å². The van der Waals surface area contributed by atoms with Crippen LogP contribution in [0.25, 0.3) is 22.3 Å². The topological polar surface area (TPSA) is 111 Å². The van der Waals surface area contributed by atoms with E-state index in [2.05, 4.69) is 66.8 Å². The summed E-state index contributed by atoms with van der Waals surface area (Å²) in [5.41, 5.74) is 9.79. The van der Waals surface area contributed by atoms with Crippen LogP contribution in [0.4, 0.5) is 60.7 Å². The minimum atomic E-state index is -1.53. The molecule has 0 fully saturated rings. The van der Waals surface area contributed by atoms with Crippen molar-refractivity contribution in [3.63, 3.8) is 0 Å². The molecule has 0 N–H and O–H groups in total. The molecule has 6 heterocycles. The SMILES string of the molecule is CN1[CH-]N(c2[c-]c(F)c(F)c(F)c2)c2ncccc21.CN1[CH-]N(c2[c-]c(F)c(F)c(F)c2)c2ncccc21.Cc1n[n-]c(C)c1-c1cccc(OCCCCOc2cccc(-c3c(C)n[n-]c3C)c2)c1.[Pt].[Pt]. The largest absolute Gasteiger partial charge is 0.578 e. The normalized spacial score (nSPS) is 12.2. The number of pyridine rings is 2. The third-order valence-electron chi connectivity index (χ3n) is 11.1. The van der Waals surface area contributed by atoms with Crippen molar-refractivity contribution < 1.29 is 77.9 Å². The Morgan fingerprint density at radius 1 is 0.556 bits per heavy atom. The molecule has 0 bridgehead atoms. The molecule has 0 saturated heterocycles. The maximum absolute atomic E-state index is 13.3. The van der Waals surface area contributed by atoms with E-state index in [0.29, 0.717) is 24.8 Å². The Bertz CT molecular complexity index is 2850. The first-order valence-corrected chi connectivity index (χ1v) is 21.9. The Hall–Kier alpha value is -6.64. The summed E-state index contributed by atoms with van der Waals surface area (Å²) in [5, 5.41) is 16.6. The third-order valence-corrected chi connectivity index (χ3v) is 11.1. The standard InChI is InChI=1S/C26H28N4O2.2C13H8F3N3.2Pt/c1-17-25(18(2)28-27-17)21-9-7-11-23(15-21)31-13-5-6-14-32-24-12-8-10-22(16-24)26-19(3)29-30-20(26)4;2*1-18-7-19(13-11(18)3-2-4-17-13)8-5-9(14)12(16)10(15)6-8;;/h7-12,15-16H,5-6,13-14H2,1-4H3;2*2-5,7H,1H3;;/q3*-2;;. The smallest absolute Gasteiger partial charge is 0.124 e. The molecule has 20 heteroatoms. The summed E-state index contributed by atoms with van der Waals surface area (Å²) in [4.78, 5) is 14.7. The number of rotatable bonds is 11. The van der Waals surface area contributed by atoms with Gasteiger partial charge in [-0.25, -0.2) is 27.5 Å². The van der Waals surface area contributed by atoms with Gasteiger partial charge in [-0.15, -0.1) is 35.7 Å². The molecule has 4 aromatic heterocycles. The van der Waals surface area contributed by atoms with Crippen LogP contribution in [0.2, 0.25) is 0 Å². The van der Waals surface area contributed by atoms with Gasteiger partial charge in [-0.05, 0) is 112 Å². The van der Waals surface area contributed by atoms with Crippen LogP contribution in [-0.2, 0) is 42.1 Å². The Morgan fingerprint density at radius 2 is 0.958 bits per heavy atom. The minimum Gasteiger partial charge on any atom is -0.578 e. The van der Waals surface area contributed by atoms with Crippen LogP contribution < -0.4 is 39.3 Å². The molecule has 0 saturated carbocycles. The molecule has 0 unspecified atom stereocenters. The summed E-state index contributed by atoms with van der Waals surface area (Å²) in [6.07, 6.45) is 4.96. The Balaban J connectivity index is 0.000000183.